The zero-order chi connectivity index (χ0) is 15.5. The van der Waals surface area contributed by atoms with Crippen molar-refractivity contribution in [2.24, 2.45) is 0 Å². The summed E-state index contributed by atoms with van der Waals surface area (Å²) in [5.74, 6) is -0.505. The molecule has 0 fully saturated rings. The van der Waals surface area contributed by atoms with Crippen molar-refractivity contribution in [1.29, 1.82) is 0 Å². The molecule has 0 spiro atoms. The van der Waals surface area contributed by atoms with Gasteiger partial charge in [-0.3, -0.25) is 4.79 Å². The highest BCUT2D eigenvalue weighted by atomic mass is 32.1. The van der Waals surface area contributed by atoms with E-state index in [1.165, 1.54) is 17.6 Å². The van der Waals surface area contributed by atoms with Crippen LogP contribution in [0.4, 0.5) is 0 Å². The lowest BCUT2D eigenvalue weighted by atomic mass is 10.1. The molecule has 1 heterocycles. The average Bonchev–Trinajstić information content (AvgIpc) is 2.54. The first-order valence-corrected chi connectivity index (χ1v) is 7.84. The van der Waals surface area contributed by atoms with E-state index in [2.05, 4.69) is 0 Å². The van der Waals surface area contributed by atoms with Gasteiger partial charge in [-0.05, 0) is 36.8 Å². The quantitative estimate of drug-likeness (QED) is 0.406. The molecule has 22 heavy (non-hydrogen) atoms. The summed E-state index contributed by atoms with van der Waals surface area (Å²) in [5, 5.41) is 1.06. The maximum absolute atomic E-state index is 12.7. The number of allylic oxidation sites excluding steroid dienone is 1. The van der Waals surface area contributed by atoms with Crippen LogP contribution < -0.4 is 5.43 Å². The number of rotatable bonds is 3. The van der Waals surface area contributed by atoms with Crippen LogP contribution in [0.15, 0.2) is 59.6 Å². The van der Waals surface area contributed by atoms with Gasteiger partial charge in [0.05, 0.1) is 17.2 Å². The second-order valence-electron chi connectivity index (χ2n) is 4.79. The maximum Gasteiger partial charge on any atom is 0.343 e. The number of ether oxygens (including phenoxy) is 1. The van der Waals surface area contributed by atoms with Crippen LogP contribution in [-0.4, -0.2) is 5.97 Å². The molecule has 0 bridgehead atoms. The van der Waals surface area contributed by atoms with Gasteiger partial charge in [0.2, 0.25) is 0 Å². The zero-order valence-corrected chi connectivity index (χ0v) is 12.9. The van der Waals surface area contributed by atoms with Crippen molar-refractivity contribution < 1.29 is 9.53 Å². The monoisotopic (exact) mass is 310 g/mol. The van der Waals surface area contributed by atoms with Gasteiger partial charge >= 0.3 is 5.97 Å². The number of fused-ring (bicyclic) bond motifs is 2. The fourth-order valence-corrected chi connectivity index (χ4v) is 3.39. The van der Waals surface area contributed by atoms with Crippen LogP contribution in [0.3, 0.4) is 0 Å². The molecule has 0 aliphatic heterocycles. The van der Waals surface area contributed by atoms with Crippen molar-refractivity contribution in [1.82, 2.24) is 0 Å². The standard InChI is InChI=1S/C18H14O3S/c1-2-3-11-21-18(20)13-8-6-10-15-16(13)17(19)12-7-4-5-9-14(12)22-15/h3-11H,2H2,1H3. The van der Waals surface area contributed by atoms with E-state index < -0.39 is 5.97 Å². The van der Waals surface area contributed by atoms with Gasteiger partial charge in [-0.2, -0.15) is 0 Å². The summed E-state index contributed by atoms with van der Waals surface area (Å²) in [7, 11) is 0. The van der Waals surface area contributed by atoms with Crippen molar-refractivity contribution in [3.63, 3.8) is 0 Å². The fourth-order valence-electron chi connectivity index (χ4n) is 2.29. The number of hydrogen-bond acceptors (Lipinski definition) is 4. The number of carbonyl (C=O) groups is 1. The Morgan fingerprint density at radius 2 is 1.91 bits per heavy atom. The van der Waals surface area contributed by atoms with Crippen LogP contribution in [0.5, 0.6) is 0 Å². The first-order valence-electron chi connectivity index (χ1n) is 7.03. The normalized spacial score (nSPS) is 11.3. The van der Waals surface area contributed by atoms with E-state index >= 15 is 0 Å². The van der Waals surface area contributed by atoms with Crippen LogP contribution in [0.1, 0.15) is 23.7 Å². The number of benzene rings is 2. The van der Waals surface area contributed by atoms with E-state index in [4.69, 9.17) is 4.74 Å². The Morgan fingerprint density at radius 1 is 1.14 bits per heavy atom. The Bertz CT molecular complexity index is 938. The Labute approximate surface area is 131 Å². The molecule has 4 heteroatoms. The first kappa shape index (κ1) is 14.5. The molecule has 3 rings (SSSR count). The highest BCUT2D eigenvalue weighted by Crippen LogP contribution is 2.26. The Kier molecular flexibility index (Phi) is 4.02. The molecular formula is C18H14O3S. The number of esters is 1. The molecule has 3 nitrogen and oxygen atoms in total. The molecule has 0 amide bonds. The summed E-state index contributed by atoms with van der Waals surface area (Å²) in [6, 6.07) is 12.7. The SMILES string of the molecule is CCC=COC(=O)c1cccc2sc3ccccc3c(=O)c12. The Balaban J connectivity index is 2.23. The topological polar surface area (TPSA) is 43.4 Å². The highest BCUT2D eigenvalue weighted by molar-refractivity contribution is 7.24. The second kappa shape index (κ2) is 6.12. The molecule has 110 valence electrons. The number of carbonyl (C=O) groups excluding carboxylic acids is 1. The lowest BCUT2D eigenvalue weighted by molar-refractivity contribution is 0.0664. The summed E-state index contributed by atoms with van der Waals surface area (Å²) in [6.07, 6.45) is 3.90. The lowest BCUT2D eigenvalue weighted by Crippen LogP contribution is -2.09. The lowest BCUT2D eigenvalue weighted by Gasteiger charge is -2.05. The fraction of sp³-hybridized carbons (Fsp3) is 0.111. The first-order chi connectivity index (χ1) is 10.7. The molecule has 2 aromatic carbocycles. The summed E-state index contributed by atoms with van der Waals surface area (Å²) in [6.45, 7) is 1.95. The number of hydrogen-bond donors (Lipinski definition) is 0. The molecular weight excluding hydrogens is 296 g/mol. The van der Waals surface area contributed by atoms with Crippen molar-refractivity contribution in [3.05, 3.63) is 70.6 Å². The van der Waals surface area contributed by atoms with Gasteiger partial charge in [0.15, 0.2) is 5.43 Å². The summed E-state index contributed by atoms with van der Waals surface area (Å²) in [4.78, 5) is 24.9. The third-order valence-corrected chi connectivity index (χ3v) is 4.47. The molecule has 0 unspecified atom stereocenters. The van der Waals surface area contributed by atoms with Gasteiger partial charge in [-0.15, -0.1) is 11.3 Å². The summed E-state index contributed by atoms with van der Waals surface area (Å²) in [5.41, 5.74) is 0.182. The van der Waals surface area contributed by atoms with Crippen LogP contribution in [0.2, 0.25) is 0 Å². The van der Waals surface area contributed by atoms with E-state index in [1.54, 1.807) is 24.3 Å². The molecule has 0 N–H and O–H groups in total. The minimum absolute atomic E-state index is 0.128. The van der Waals surface area contributed by atoms with Crippen molar-refractivity contribution >= 4 is 37.5 Å². The molecule has 1 aromatic heterocycles. The minimum atomic E-state index is -0.505. The van der Waals surface area contributed by atoms with Crippen LogP contribution in [-0.2, 0) is 4.74 Å². The zero-order valence-electron chi connectivity index (χ0n) is 12.0. The van der Waals surface area contributed by atoms with Crippen LogP contribution in [0.25, 0.3) is 20.2 Å². The van der Waals surface area contributed by atoms with E-state index in [0.717, 1.165) is 15.8 Å². The van der Waals surface area contributed by atoms with E-state index in [1.807, 2.05) is 31.2 Å². The predicted molar refractivity (Wildman–Crippen MR) is 90.4 cm³/mol. The third-order valence-electron chi connectivity index (χ3n) is 3.33. The minimum Gasteiger partial charge on any atom is -0.431 e. The smallest absolute Gasteiger partial charge is 0.343 e. The second-order valence-corrected chi connectivity index (χ2v) is 5.88. The van der Waals surface area contributed by atoms with Gasteiger partial charge in [-0.1, -0.05) is 25.1 Å². The van der Waals surface area contributed by atoms with Gasteiger partial charge in [-0.25, -0.2) is 4.79 Å². The highest BCUT2D eigenvalue weighted by Gasteiger charge is 2.15. The Hall–Kier alpha value is -2.46. The van der Waals surface area contributed by atoms with Crippen molar-refractivity contribution in [2.45, 2.75) is 13.3 Å². The predicted octanol–water partition coefficient (Wildman–Crippen LogP) is 4.50. The molecule has 0 atom stereocenters. The van der Waals surface area contributed by atoms with Gasteiger partial charge < -0.3 is 4.74 Å². The molecule has 0 aliphatic carbocycles. The van der Waals surface area contributed by atoms with E-state index in [9.17, 15) is 9.59 Å². The summed E-state index contributed by atoms with van der Waals surface area (Å²) < 4.78 is 6.79. The van der Waals surface area contributed by atoms with Gasteiger partial charge in [0.1, 0.15) is 0 Å². The summed E-state index contributed by atoms with van der Waals surface area (Å²) >= 11 is 1.50. The molecule has 0 saturated carbocycles. The molecule has 0 saturated heterocycles. The third kappa shape index (κ3) is 2.53. The van der Waals surface area contributed by atoms with Gasteiger partial charge in [0.25, 0.3) is 0 Å². The molecule has 0 radical (unpaired) electrons. The van der Waals surface area contributed by atoms with Crippen LogP contribution in [0, 0.1) is 0 Å². The van der Waals surface area contributed by atoms with Crippen LogP contribution >= 0.6 is 11.3 Å². The molecule has 3 aromatic rings. The Morgan fingerprint density at radius 3 is 2.73 bits per heavy atom. The molecule has 0 aliphatic rings. The maximum atomic E-state index is 12.7. The average molecular weight is 310 g/mol. The van der Waals surface area contributed by atoms with Crippen molar-refractivity contribution in [2.75, 3.05) is 0 Å². The largest absolute Gasteiger partial charge is 0.431 e. The van der Waals surface area contributed by atoms with Gasteiger partial charge in [0, 0.05) is 14.8 Å². The van der Waals surface area contributed by atoms with E-state index in [-0.39, 0.29) is 5.43 Å². The van der Waals surface area contributed by atoms with Crippen molar-refractivity contribution in [3.8, 4) is 0 Å². The van der Waals surface area contributed by atoms with E-state index in [0.29, 0.717) is 16.3 Å².